The highest BCUT2D eigenvalue weighted by molar-refractivity contribution is 7.91. The molecule has 0 aliphatic heterocycles. The van der Waals surface area contributed by atoms with Gasteiger partial charge in [0.05, 0.1) is 11.3 Å². The Morgan fingerprint density at radius 2 is 1.90 bits per heavy atom. The molecule has 0 bridgehead atoms. The van der Waals surface area contributed by atoms with Crippen LogP contribution in [0.4, 0.5) is 0 Å². The lowest BCUT2D eigenvalue weighted by molar-refractivity contribution is 0.112. The van der Waals surface area contributed by atoms with Gasteiger partial charge in [-0.1, -0.05) is 37.3 Å². The van der Waals surface area contributed by atoms with Crippen LogP contribution in [0.1, 0.15) is 17.3 Å². The van der Waals surface area contributed by atoms with E-state index in [1.807, 2.05) is 30.3 Å². The Bertz CT molecular complexity index is 720. The average Bonchev–Trinajstić information content (AvgIpc) is 2.46. The molecule has 20 heavy (non-hydrogen) atoms. The Kier molecular flexibility index (Phi) is 4.39. The Hall–Kier alpha value is -1.88. The Balaban J connectivity index is 2.24. The smallest absolute Gasteiger partial charge is 0.154 e. The minimum Gasteiger partial charge on any atom is -0.492 e. The molecule has 106 valence electrons. The maximum absolute atomic E-state index is 11.4. The van der Waals surface area contributed by atoms with Crippen LogP contribution >= 0.6 is 0 Å². The van der Waals surface area contributed by atoms with Crippen molar-refractivity contribution in [1.29, 1.82) is 0 Å². The van der Waals surface area contributed by atoms with Gasteiger partial charge in [-0.3, -0.25) is 4.79 Å². The summed E-state index contributed by atoms with van der Waals surface area (Å²) in [6.45, 7) is 1.65. The number of sulfone groups is 1. The molecule has 2 aromatic rings. The monoisotopic (exact) mass is 292 g/mol. The molecule has 0 fully saturated rings. The number of carbonyl (C=O) groups is 1. The van der Waals surface area contributed by atoms with Crippen LogP contribution in [0.5, 0.6) is 5.75 Å². The summed E-state index contributed by atoms with van der Waals surface area (Å²) in [4.78, 5) is 11.3. The van der Waals surface area contributed by atoms with Crippen molar-refractivity contribution in [1.82, 2.24) is 0 Å². The summed E-state index contributed by atoms with van der Waals surface area (Å²) >= 11 is 0. The van der Waals surface area contributed by atoms with Crippen LogP contribution in [0.2, 0.25) is 0 Å². The first-order valence-electron chi connectivity index (χ1n) is 6.37. The van der Waals surface area contributed by atoms with Gasteiger partial charge in [-0.2, -0.15) is 0 Å². The SMILES string of the molecule is CCS(=O)(=O)CCOc1ccc2ccccc2c1C=O. The topological polar surface area (TPSA) is 60.4 Å². The summed E-state index contributed by atoms with van der Waals surface area (Å²) in [5, 5.41) is 1.75. The molecule has 0 saturated heterocycles. The van der Waals surface area contributed by atoms with Crippen molar-refractivity contribution < 1.29 is 17.9 Å². The highest BCUT2D eigenvalue weighted by Gasteiger charge is 2.11. The molecule has 4 nitrogen and oxygen atoms in total. The third kappa shape index (κ3) is 3.17. The van der Waals surface area contributed by atoms with Crippen LogP contribution in [0.3, 0.4) is 0 Å². The molecule has 0 aliphatic rings. The van der Waals surface area contributed by atoms with E-state index < -0.39 is 9.84 Å². The van der Waals surface area contributed by atoms with Crippen molar-refractivity contribution in [2.45, 2.75) is 6.92 Å². The second kappa shape index (κ2) is 6.05. The molecule has 0 aromatic heterocycles. The molecular formula is C15H16O4S. The van der Waals surface area contributed by atoms with Gasteiger partial charge in [-0.05, 0) is 16.8 Å². The second-order valence-electron chi connectivity index (χ2n) is 4.40. The predicted octanol–water partition coefficient (Wildman–Crippen LogP) is 2.47. The van der Waals surface area contributed by atoms with E-state index in [-0.39, 0.29) is 18.1 Å². The number of carbonyl (C=O) groups excluding carboxylic acids is 1. The van der Waals surface area contributed by atoms with Crippen LogP contribution in [-0.4, -0.2) is 32.8 Å². The largest absolute Gasteiger partial charge is 0.492 e. The first kappa shape index (κ1) is 14.5. The van der Waals surface area contributed by atoms with Crippen LogP contribution < -0.4 is 4.74 Å². The van der Waals surface area contributed by atoms with Crippen LogP contribution in [0.25, 0.3) is 10.8 Å². The van der Waals surface area contributed by atoms with Crippen LogP contribution in [-0.2, 0) is 9.84 Å². The van der Waals surface area contributed by atoms with E-state index >= 15 is 0 Å². The highest BCUT2D eigenvalue weighted by atomic mass is 32.2. The second-order valence-corrected chi connectivity index (χ2v) is 6.87. The highest BCUT2D eigenvalue weighted by Crippen LogP contribution is 2.26. The molecule has 0 unspecified atom stereocenters. The molecule has 0 N–H and O–H groups in total. The normalized spacial score (nSPS) is 11.4. The molecular weight excluding hydrogens is 276 g/mol. The Morgan fingerprint density at radius 1 is 1.15 bits per heavy atom. The third-order valence-corrected chi connectivity index (χ3v) is 4.81. The maximum atomic E-state index is 11.4. The number of ether oxygens (including phenoxy) is 1. The first-order valence-corrected chi connectivity index (χ1v) is 8.19. The van der Waals surface area contributed by atoms with Crippen molar-refractivity contribution in [2.75, 3.05) is 18.1 Å². The minimum absolute atomic E-state index is 0.0470. The van der Waals surface area contributed by atoms with Gasteiger partial charge in [0.15, 0.2) is 16.1 Å². The molecule has 0 heterocycles. The number of aldehydes is 1. The van der Waals surface area contributed by atoms with Gasteiger partial charge in [0.25, 0.3) is 0 Å². The molecule has 0 radical (unpaired) electrons. The molecule has 0 aliphatic carbocycles. The van der Waals surface area contributed by atoms with Crippen molar-refractivity contribution >= 4 is 26.9 Å². The van der Waals surface area contributed by atoms with Crippen LogP contribution in [0, 0.1) is 0 Å². The number of benzene rings is 2. The quantitative estimate of drug-likeness (QED) is 0.767. The lowest BCUT2D eigenvalue weighted by atomic mass is 10.0. The first-order chi connectivity index (χ1) is 9.57. The number of hydrogen-bond acceptors (Lipinski definition) is 4. The molecule has 0 amide bonds. The summed E-state index contributed by atoms with van der Waals surface area (Å²) in [5.41, 5.74) is 0.456. The summed E-state index contributed by atoms with van der Waals surface area (Å²) in [6, 6.07) is 11.0. The average molecular weight is 292 g/mol. The number of hydrogen-bond donors (Lipinski definition) is 0. The van der Waals surface area contributed by atoms with Crippen molar-refractivity contribution in [2.24, 2.45) is 0 Å². The zero-order valence-corrected chi connectivity index (χ0v) is 12.0. The summed E-state index contributed by atoms with van der Waals surface area (Å²) in [5.74, 6) is 0.466. The summed E-state index contributed by atoms with van der Waals surface area (Å²) in [6.07, 6.45) is 0.742. The van der Waals surface area contributed by atoms with E-state index in [4.69, 9.17) is 4.74 Å². The summed E-state index contributed by atoms with van der Waals surface area (Å²) < 4.78 is 28.3. The van der Waals surface area contributed by atoms with E-state index in [1.54, 1.807) is 13.0 Å². The van der Waals surface area contributed by atoms with E-state index in [9.17, 15) is 13.2 Å². The zero-order valence-electron chi connectivity index (χ0n) is 11.2. The van der Waals surface area contributed by atoms with Gasteiger partial charge >= 0.3 is 0 Å². The summed E-state index contributed by atoms with van der Waals surface area (Å²) in [7, 11) is -3.07. The Labute approximate surface area is 118 Å². The molecule has 2 rings (SSSR count). The van der Waals surface area contributed by atoms with E-state index in [0.717, 1.165) is 17.1 Å². The molecule has 2 aromatic carbocycles. The Morgan fingerprint density at radius 3 is 2.60 bits per heavy atom. The maximum Gasteiger partial charge on any atom is 0.154 e. The lowest BCUT2D eigenvalue weighted by Crippen LogP contribution is -2.16. The van der Waals surface area contributed by atoms with Gasteiger partial charge in [-0.25, -0.2) is 8.42 Å². The fourth-order valence-electron chi connectivity index (χ4n) is 1.95. The van der Waals surface area contributed by atoms with E-state index in [1.165, 1.54) is 0 Å². The fraction of sp³-hybridized carbons (Fsp3) is 0.267. The molecule has 0 spiro atoms. The van der Waals surface area contributed by atoms with Gasteiger partial charge in [0.2, 0.25) is 0 Å². The zero-order chi connectivity index (χ0) is 14.6. The molecule has 5 heteroatoms. The number of fused-ring (bicyclic) bond motifs is 1. The number of rotatable bonds is 6. The van der Waals surface area contributed by atoms with Gasteiger partial charge in [-0.15, -0.1) is 0 Å². The van der Waals surface area contributed by atoms with E-state index in [0.29, 0.717) is 11.3 Å². The molecule has 0 atom stereocenters. The van der Waals surface area contributed by atoms with Gasteiger partial charge < -0.3 is 4.74 Å². The lowest BCUT2D eigenvalue weighted by Gasteiger charge is -2.10. The van der Waals surface area contributed by atoms with Crippen molar-refractivity contribution in [3.8, 4) is 5.75 Å². The van der Waals surface area contributed by atoms with E-state index in [2.05, 4.69) is 0 Å². The van der Waals surface area contributed by atoms with Crippen molar-refractivity contribution in [3.05, 3.63) is 42.0 Å². The van der Waals surface area contributed by atoms with Crippen molar-refractivity contribution in [3.63, 3.8) is 0 Å². The minimum atomic E-state index is -3.07. The fourth-order valence-corrected chi connectivity index (χ4v) is 2.57. The van der Waals surface area contributed by atoms with Crippen LogP contribution in [0.15, 0.2) is 36.4 Å². The van der Waals surface area contributed by atoms with Gasteiger partial charge in [0.1, 0.15) is 12.4 Å². The predicted molar refractivity (Wildman–Crippen MR) is 79.2 cm³/mol. The molecule has 0 saturated carbocycles. The van der Waals surface area contributed by atoms with Gasteiger partial charge in [0, 0.05) is 5.75 Å². The third-order valence-electron chi connectivity index (χ3n) is 3.14. The standard InChI is InChI=1S/C15H16O4S/c1-2-20(17,18)10-9-19-15-8-7-12-5-3-4-6-13(12)14(15)11-16/h3-8,11H,2,9-10H2,1H3.